The van der Waals surface area contributed by atoms with Crippen LogP contribution in [0, 0.1) is 20.8 Å². The Labute approximate surface area is 242 Å². The maximum Gasteiger partial charge on any atom is 0.337 e. The molecule has 0 saturated heterocycles. The highest BCUT2D eigenvalue weighted by molar-refractivity contribution is 7.15. The number of aryl methyl sites for hydroxylation is 2. The molecular weight excluding hydrogens is 546 g/mol. The normalized spacial score (nSPS) is 16.8. The van der Waals surface area contributed by atoms with Gasteiger partial charge < -0.3 is 10.1 Å². The second-order valence-electron chi connectivity index (χ2n) is 10.2. The summed E-state index contributed by atoms with van der Waals surface area (Å²) in [6.45, 7) is 9.94. The number of nitrogens with zero attached hydrogens (tertiary/aromatic N) is 4. The molecule has 2 atom stereocenters. The first kappa shape index (κ1) is 27.7. The van der Waals surface area contributed by atoms with Crippen molar-refractivity contribution in [3.05, 3.63) is 97.9 Å². The first-order chi connectivity index (χ1) is 19.0. The third kappa shape index (κ3) is 4.95. The molecule has 40 heavy (non-hydrogen) atoms. The number of halogens is 1. The molecule has 1 aliphatic heterocycles. The molecule has 4 aromatic rings. The zero-order valence-electron chi connectivity index (χ0n) is 23.2. The lowest BCUT2D eigenvalue weighted by Gasteiger charge is -2.25. The van der Waals surface area contributed by atoms with Gasteiger partial charge in [-0.1, -0.05) is 35.9 Å². The molecule has 0 spiro atoms. The largest absolute Gasteiger partial charge is 0.465 e. The highest BCUT2D eigenvalue weighted by Crippen LogP contribution is 2.42. The minimum Gasteiger partial charge on any atom is -0.465 e. The van der Waals surface area contributed by atoms with Gasteiger partial charge in [0, 0.05) is 21.0 Å². The third-order valence-electron chi connectivity index (χ3n) is 7.30. The van der Waals surface area contributed by atoms with Crippen molar-refractivity contribution in [1.82, 2.24) is 20.1 Å². The SMILES string of the molecule is COC(=O)c1ccc(C(C)NC(=O)C[C@]2(C)N=C(c3ccc(Cl)cc3)c3c(sc(C)c3C)-n3c(C)nnc32)cc1. The summed E-state index contributed by atoms with van der Waals surface area (Å²) in [6.07, 6.45) is 0.0553. The number of hydrogen-bond donors (Lipinski definition) is 1. The quantitative estimate of drug-likeness (QED) is 0.283. The molecule has 0 saturated carbocycles. The monoisotopic (exact) mass is 575 g/mol. The van der Waals surface area contributed by atoms with Crippen LogP contribution in [0.5, 0.6) is 0 Å². The van der Waals surface area contributed by atoms with Crippen LogP contribution >= 0.6 is 22.9 Å². The van der Waals surface area contributed by atoms with Crippen molar-refractivity contribution >= 4 is 40.5 Å². The summed E-state index contributed by atoms with van der Waals surface area (Å²) in [5, 5.41) is 13.7. The van der Waals surface area contributed by atoms with Crippen molar-refractivity contribution in [2.24, 2.45) is 4.99 Å². The fourth-order valence-corrected chi connectivity index (χ4v) is 6.33. The second kappa shape index (κ2) is 10.6. The minimum absolute atomic E-state index is 0.0553. The zero-order valence-corrected chi connectivity index (χ0v) is 24.8. The molecule has 10 heteroatoms. The van der Waals surface area contributed by atoms with E-state index in [0.29, 0.717) is 16.4 Å². The number of aromatic nitrogens is 3. The molecule has 0 fully saturated rings. The van der Waals surface area contributed by atoms with Crippen LogP contribution in [0.4, 0.5) is 0 Å². The maximum absolute atomic E-state index is 13.5. The highest BCUT2D eigenvalue weighted by atomic mass is 35.5. The standard InChI is InChI=1S/C30H30ClN5O3S/c1-16-18(3)40-27-25(16)26(21-11-13-23(31)14-12-21)33-30(5,29-35-34-19(4)36(27)29)15-24(37)32-17(2)20-7-9-22(10-8-20)28(38)39-6/h7-14,17H,15H2,1-6H3,(H,32,37)/t17?,30-/m0/s1. The van der Waals surface area contributed by atoms with Crippen LogP contribution in [0.1, 0.15) is 75.4 Å². The van der Waals surface area contributed by atoms with Crippen LogP contribution in [0.25, 0.3) is 5.00 Å². The lowest BCUT2D eigenvalue weighted by Crippen LogP contribution is -2.35. The molecule has 5 rings (SSSR count). The molecule has 0 radical (unpaired) electrons. The Kier molecular flexibility index (Phi) is 7.37. The van der Waals surface area contributed by atoms with Crippen molar-refractivity contribution in [3.8, 4) is 5.00 Å². The van der Waals surface area contributed by atoms with E-state index in [2.05, 4.69) is 29.4 Å². The Morgan fingerprint density at radius 1 is 1.07 bits per heavy atom. The number of amides is 1. The van der Waals surface area contributed by atoms with Crippen molar-refractivity contribution in [2.75, 3.05) is 7.11 Å². The third-order valence-corrected chi connectivity index (χ3v) is 8.75. The van der Waals surface area contributed by atoms with E-state index in [0.717, 1.165) is 38.8 Å². The number of benzene rings is 2. The van der Waals surface area contributed by atoms with Crippen LogP contribution in [-0.2, 0) is 15.1 Å². The molecule has 1 amide bonds. The van der Waals surface area contributed by atoms with E-state index >= 15 is 0 Å². The lowest BCUT2D eigenvalue weighted by molar-refractivity contribution is -0.122. The number of ether oxygens (including phenoxy) is 1. The Balaban J connectivity index is 1.53. The average molecular weight is 576 g/mol. The van der Waals surface area contributed by atoms with Crippen LogP contribution in [-0.4, -0.2) is 39.5 Å². The van der Waals surface area contributed by atoms with Crippen LogP contribution in [0.3, 0.4) is 0 Å². The van der Waals surface area contributed by atoms with Gasteiger partial charge in [0.1, 0.15) is 16.4 Å². The number of hydrogen-bond acceptors (Lipinski definition) is 7. The van der Waals surface area contributed by atoms with E-state index in [1.54, 1.807) is 23.5 Å². The van der Waals surface area contributed by atoms with Gasteiger partial charge in [-0.05, 0) is 70.0 Å². The van der Waals surface area contributed by atoms with Crippen LogP contribution in [0.15, 0.2) is 53.5 Å². The number of carbonyl (C=O) groups excluding carboxylic acids is 2. The number of thiophene rings is 1. The molecule has 2 aromatic carbocycles. The maximum atomic E-state index is 13.5. The average Bonchev–Trinajstić information content (AvgIpc) is 3.43. The highest BCUT2D eigenvalue weighted by Gasteiger charge is 2.40. The zero-order chi connectivity index (χ0) is 28.8. The summed E-state index contributed by atoms with van der Waals surface area (Å²) in [6, 6.07) is 14.3. The Hall–Kier alpha value is -3.82. The van der Waals surface area contributed by atoms with Gasteiger partial charge in [0.15, 0.2) is 5.82 Å². The van der Waals surface area contributed by atoms with Crippen molar-refractivity contribution in [3.63, 3.8) is 0 Å². The van der Waals surface area contributed by atoms with Gasteiger partial charge in [-0.2, -0.15) is 0 Å². The Bertz CT molecular complexity index is 1640. The molecule has 0 aliphatic carbocycles. The van der Waals surface area contributed by atoms with Crippen LogP contribution in [0.2, 0.25) is 5.02 Å². The van der Waals surface area contributed by atoms with E-state index in [4.69, 9.17) is 21.3 Å². The number of methoxy groups -OCH3 is 1. The summed E-state index contributed by atoms with van der Waals surface area (Å²) in [4.78, 5) is 31.8. The molecule has 8 nitrogen and oxygen atoms in total. The number of esters is 1. The summed E-state index contributed by atoms with van der Waals surface area (Å²) < 4.78 is 6.81. The van der Waals surface area contributed by atoms with E-state index < -0.39 is 11.5 Å². The Morgan fingerprint density at radius 2 is 1.75 bits per heavy atom. The summed E-state index contributed by atoms with van der Waals surface area (Å²) in [5.41, 5.74) is 4.15. The molecule has 2 aromatic heterocycles. The van der Waals surface area contributed by atoms with E-state index in [9.17, 15) is 9.59 Å². The molecular formula is C30H30ClN5O3S. The first-order valence-corrected chi connectivity index (χ1v) is 14.1. The van der Waals surface area contributed by atoms with Crippen molar-refractivity contribution < 1.29 is 14.3 Å². The summed E-state index contributed by atoms with van der Waals surface area (Å²) >= 11 is 7.88. The predicted molar refractivity (Wildman–Crippen MR) is 157 cm³/mol. The molecule has 1 N–H and O–H groups in total. The number of nitrogens with one attached hydrogen (secondary N) is 1. The fraction of sp³-hybridized carbons (Fsp3) is 0.300. The molecule has 0 bridgehead atoms. The van der Waals surface area contributed by atoms with Gasteiger partial charge in [-0.15, -0.1) is 21.5 Å². The minimum atomic E-state index is -1.01. The van der Waals surface area contributed by atoms with Gasteiger partial charge in [0.2, 0.25) is 5.91 Å². The topological polar surface area (TPSA) is 98.5 Å². The van der Waals surface area contributed by atoms with Crippen LogP contribution < -0.4 is 5.32 Å². The Morgan fingerprint density at radius 3 is 2.40 bits per heavy atom. The van der Waals surface area contributed by atoms with E-state index in [1.165, 1.54) is 12.0 Å². The fourth-order valence-electron chi connectivity index (χ4n) is 5.00. The first-order valence-electron chi connectivity index (χ1n) is 12.9. The summed E-state index contributed by atoms with van der Waals surface area (Å²) in [5.74, 6) is 0.756. The summed E-state index contributed by atoms with van der Waals surface area (Å²) in [7, 11) is 1.35. The second-order valence-corrected chi connectivity index (χ2v) is 11.8. The van der Waals surface area contributed by atoms with Crippen molar-refractivity contribution in [1.29, 1.82) is 0 Å². The van der Waals surface area contributed by atoms with Gasteiger partial charge in [-0.25, -0.2) is 4.79 Å². The lowest BCUT2D eigenvalue weighted by atomic mass is 9.94. The molecule has 3 heterocycles. The van der Waals surface area contributed by atoms with Gasteiger partial charge >= 0.3 is 5.97 Å². The van der Waals surface area contributed by atoms with Crippen molar-refractivity contribution in [2.45, 2.75) is 52.6 Å². The number of aliphatic imine (C=N–C) groups is 1. The van der Waals surface area contributed by atoms with E-state index in [-0.39, 0.29) is 18.4 Å². The number of carbonyl (C=O) groups is 2. The molecule has 1 unspecified atom stereocenters. The number of rotatable bonds is 6. The van der Waals surface area contributed by atoms with Gasteiger partial charge in [-0.3, -0.25) is 14.4 Å². The molecule has 206 valence electrons. The smallest absolute Gasteiger partial charge is 0.337 e. The van der Waals surface area contributed by atoms with E-state index in [1.807, 2.05) is 61.7 Å². The van der Waals surface area contributed by atoms with Gasteiger partial charge in [0.25, 0.3) is 0 Å². The predicted octanol–water partition coefficient (Wildman–Crippen LogP) is 6.03. The number of fused-ring (bicyclic) bond motifs is 3. The molecule has 1 aliphatic rings. The van der Waals surface area contributed by atoms with Gasteiger partial charge in [0.05, 0.1) is 30.8 Å².